The van der Waals surface area contributed by atoms with Crippen molar-refractivity contribution in [1.82, 2.24) is 15.1 Å². The summed E-state index contributed by atoms with van der Waals surface area (Å²) in [6.45, 7) is 0. The fraction of sp³-hybridized carbons (Fsp3) is 0. The molecule has 6 heteroatoms. The van der Waals surface area contributed by atoms with Crippen molar-refractivity contribution in [3.05, 3.63) is 47.1 Å². The average molecular weight is 318 g/mol. The Bertz CT molecular complexity index is 667. The van der Waals surface area contributed by atoms with Crippen LogP contribution in [-0.2, 0) is 0 Å². The Balaban J connectivity index is 2.06. The van der Waals surface area contributed by atoms with Crippen molar-refractivity contribution in [2.75, 3.05) is 0 Å². The second-order valence-corrected chi connectivity index (χ2v) is 4.63. The number of pyridine rings is 1. The molecule has 0 spiro atoms. The van der Waals surface area contributed by atoms with Crippen LogP contribution in [0.4, 0.5) is 0 Å². The van der Waals surface area contributed by atoms with Crippen LogP contribution in [0, 0.1) is 0 Å². The molecule has 0 atom stereocenters. The number of rotatable bonds is 2. The summed E-state index contributed by atoms with van der Waals surface area (Å²) in [6, 6.07) is 10.4. The molecular weight excluding hydrogens is 310 g/mol. The van der Waals surface area contributed by atoms with Crippen LogP contribution in [0.3, 0.4) is 0 Å². The van der Waals surface area contributed by atoms with E-state index in [1.165, 1.54) is 0 Å². The van der Waals surface area contributed by atoms with Crippen LogP contribution in [0.15, 0.2) is 51.6 Å². The number of hydrogen-bond donors (Lipinski definition) is 1. The van der Waals surface area contributed by atoms with E-state index < -0.39 is 0 Å². The normalized spacial score (nSPS) is 10.6. The second-order valence-electron chi connectivity index (χ2n) is 3.77. The lowest BCUT2D eigenvalue weighted by atomic mass is 10.2. The van der Waals surface area contributed by atoms with Crippen molar-refractivity contribution < 1.29 is 9.63 Å². The molecule has 0 radical (unpaired) electrons. The minimum absolute atomic E-state index is 0.0952. The number of benzene rings is 1. The first-order chi connectivity index (χ1) is 9.25. The van der Waals surface area contributed by atoms with Gasteiger partial charge in [0.15, 0.2) is 0 Å². The Morgan fingerprint density at radius 1 is 1.11 bits per heavy atom. The molecule has 1 N–H and O–H groups in total. The van der Waals surface area contributed by atoms with E-state index in [9.17, 15) is 5.11 Å². The third-order valence-electron chi connectivity index (χ3n) is 2.53. The van der Waals surface area contributed by atoms with Crippen LogP contribution >= 0.6 is 15.9 Å². The van der Waals surface area contributed by atoms with Crippen LogP contribution in [-0.4, -0.2) is 20.2 Å². The van der Waals surface area contributed by atoms with E-state index in [2.05, 4.69) is 31.1 Å². The predicted octanol–water partition coefficient (Wildman–Crippen LogP) is 3.27. The van der Waals surface area contributed by atoms with Gasteiger partial charge in [0, 0.05) is 10.7 Å². The fourth-order valence-corrected chi connectivity index (χ4v) is 2.07. The van der Waals surface area contributed by atoms with E-state index in [1.807, 2.05) is 6.07 Å². The van der Waals surface area contributed by atoms with Crippen LogP contribution in [0.1, 0.15) is 0 Å². The van der Waals surface area contributed by atoms with Crippen LogP contribution in [0.2, 0.25) is 0 Å². The van der Waals surface area contributed by atoms with E-state index in [0.717, 1.165) is 4.47 Å². The van der Waals surface area contributed by atoms with Gasteiger partial charge < -0.3 is 9.63 Å². The maximum Gasteiger partial charge on any atom is 0.262 e. The Labute approximate surface area is 117 Å². The standard InChI is InChI=1S/C13H8BrN3O2/c14-9-5-3-7-15-11(9)12-16-13(19-17-12)8-4-1-2-6-10(8)18/h1-7,18H. The third kappa shape index (κ3) is 2.22. The van der Waals surface area contributed by atoms with Gasteiger partial charge in [0.25, 0.3) is 5.89 Å². The van der Waals surface area contributed by atoms with Crippen molar-refractivity contribution in [3.63, 3.8) is 0 Å². The van der Waals surface area contributed by atoms with Crippen molar-refractivity contribution in [2.45, 2.75) is 0 Å². The number of aromatic nitrogens is 3. The molecule has 19 heavy (non-hydrogen) atoms. The van der Waals surface area contributed by atoms with Gasteiger partial charge in [0.05, 0.1) is 5.56 Å². The summed E-state index contributed by atoms with van der Waals surface area (Å²) in [5.41, 5.74) is 1.08. The van der Waals surface area contributed by atoms with Gasteiger partial charge in [-0.3, -0.25) is 4.98 Å². The van der Waals surface area contributed by atoms with E-state index in [0.29, 0.717) is 17.1 Å². The third-order valence-corrected chi connectivity index (χ3v) is 3.17. The zero-order valence-corrected chi connectivity index (χ0v) is 11.2. The minimum Gasteiger partial charge on any atom is -0.507 e. The molecule has 0 fully saturated rings. The van der Waals surface area contributed by atoms with Gasteiger partial charge in [-0.15, -0.1) is 0 Å². The van der Waals surface area contributed by atoms with Crippen molar-refractivity contribution in [1.29, 1.82) is 0 Å². The molecule has 0 aliphatic heterocycles. The summed E-state index contributed by atoms with van der Waals surface area (Å²) in [6.07, 6.45) is 1.65. The van der Waals surface area contributed by atoms with Crippen LogP contribution in [0.5, 0.6) is 5.75 Å². The minimum atomic E-state index is 0.0952. The van der Waals surface area contributed by atoms with Gasteiger partial charge in [-0.25, -0.2) is 0 Å². The first-order valence-corrected chi connectivity index (χ1v) is 6.28. The number of phenols is 1. The first-order valence-electron chi connectivity index (χ1n) is 5.48. The quantitative estimate of drug-likeness (QED) is 0.785. The van der Waals surface area contributed by atoms with Crippen molar-refractivity contribution in [3.8, 4) is 28.7 Å². The van der Waals surface area contributed by atoms with Gasteiger partial charge in [0.1, 0.15) is 11.4 Å². The molecule has 5 nitrogen and oxygen atoms in total. The van der Waals surface area contributed by atoms with Crippen LogP contribution < -0.4 is 0 Å². The zero-order valence-electron chi connectivity index (χ0n) is 9.62. The van der Waals surface area contributed by atoms with Crippen molar-refractivity contribution in [2.24, 2.45) is 0 Å². The summed E-state index contributed by atoms with van der Waals surface area (Å²) in [5.74, 6) is 0.717. The number of para-hydroxylation sites is 1. The molecule has 0 saturated heterocycles. The van der Waals surface area contributed by atoms with Gasteiger partial charge in [-0.05, 0) is 40.2 Å². The van der Waals surface area contributed by atoms with E-state index >= 15 is 0 Å². The number of phenolic OH excluding ortho intramolecular Hbond substituents is 1. The molecule has 3 rings (SSSR count). The van der Waals surface area contributed by atoms with Crippen molar-refractivity contribution >= 4 is 15.9 Å². The molecule has 0 unspecified atom stereocenters. The number of nitrogens with zero attached hydrogens (tertiary/aromatic N) is 3. The summed E-state index contributed by atoms with van der Waals surface area (Å²) in [7, 11) is 0. The smallest absolute Gasteiger partial charge is 0.262 e. The fourth-order valence-electron chi connectivity index (χ4n) is 1.63. The highest BCUT2D eigenvalue weighted by Crippen LogP contribution is 2.30. The van der Waals surface area contributed by atoms with Gasteiger partial charge >= 0.3 is 0 Å². The topological polar surface area (TPSA) is 72.0 Å². The lowest BCUT2D eigenvalue weighted by molar-refractivity contribution is 0.425. The molecule has 1 aromatic carbocycles. The molecule has 94 valence electrons. The first kappa shape index (κ1) is 11.9. The molecule has 0 bridgehead atoms. The zero-order chi connectivity index (χ0) is 13.2. The maximum atomic E-state index is 9.75. The predicted molar refractivity (Wildman–Crippen MR) is 72.3 cm³/mol. The van der Waals surface area contributed by atoms with E-state index in [1.54, 1.807) is 36.5 Å². The Kier molecular flexibility index (Phi) is 3.00. The maximum absolute atomic E-state index is 9.75. The van der Waals surface area contributed by atoms with Gasteiger partial charge in [-0.2, -0.15) is 4.98 Å². The van der Waals surface area contributed by atoms with Gasteiger partial charge in [-0.1, -0.05) is 17.3 Å². The highest BCUT2D eigenvalue weighted by atomic mass is 79.9. The van der Waals surface area contributed by atoms with E-state index in [4.69, 9.17) is 4.52 Å². The largest absolute Gasteiger partial charge is 0.507 e. The number of aromatic hydroxyl groups is 1. The highest BCUT2D eigenvalue weighted by Gasteiger charge is 2.15. The number of hydrogen-bond acceptors (Lipinski definition) is 5. The SMILES string of the molecule is Oc1ccccc1-c1nc(-c2ncccc2Br)no1. The Morgan fingerprint density at radius 2 is 1.95 bits per heavy atom. The molecule has 0 aliphatic rings. The summed E-state index contributed by atoms with van der Waals surface area (Å²) >= 11 is 3.38. The molecule has 0 amide bonds. The summed E-state index contributed by atoms with van der Waals surface area (Å²) < 4.78 is 5.94. The Hall–Kier alpha value is -2.21. The molecule has 2 heterocycles. The van der Waals surface area contributed by atoms with Gasteiger partial charge in [0.2, 0.25) is 5.82 Å². The Morgan fingerprint density at radius 3 is 2.74 bits per heavy atom. The molecule has 2 aromatic heterocycles. The summed E-state index contributed by atoms with van der Waals surface area (Å²) in [5, 5.41) is 13.6. The second kappa shape index (κ2) is 4.81. The molecule has 0 aliphatic carbocycles. The van der Waals surface area contributed by atoms with Crippen LogP contribution in [0.25, 0.3) is 23.0 Å². The highest BCUT2D eigenvalue weighted by molar-refractivity contribution is 9.10. The molecule has 3 aromatic rings. The molecule has 0 saturated carbocycles. The summed E-state index contributed by atoms with van der Waals surface area (Å²) in [4.78, 5) is 8.43. The average Bonchev–Trinajstić information content (AvgIpc) is 2.89. The van der Waals surface area contributed by atoms with E-state index in [-0.39, 0.29) is 11.6 Å². The lowest BCUT2D eigenvalue weighted by Gasteiger charge is -1.97. The molecular formula is C13H8BrN3O2. The number of halogens is 1. The lowest BCUT2D eigenvalue weighted by Crippen LogP contribution is -1.86. The monoisotopic (exact) mass is 317 g/mol.